The van der Waals surface area contributed by atoms with Crippen LogP contribution in [0.4, 0.5) is 0 Å². The van der Waals surface area contributed by atoms with Crippen LogP contribution in [-0.2, 0) is 13.0 Å². The van der Waals surface area contributed by atoms with Gasteiger partial charge in [0.25, 0.3) is 0 Å². The summed E-state index contributed by atoms with van der Waals surface area (Å²) in [5, 5.41) is 10.5. The fraction of sp³-hybridized carbons (Fsp3) is 0.471. The van der Waals surface area contributed by atoms with Crippen molar-refractivity contribution in [3.63, 3.8) is 0 Å². The number of nitrogens with zero attached hydrogens (tertiary/aromatic N) is 1. The molecular formula is C17H25N3O. The van der Waals surface area contributed by atoms with Crippen molar-refractivity contribution in [2.45, 2.75) is 46.3 Å². The second kappa shape index (κ2) is 7.84. The van der Waals surface area contributed by atoms with Crippen LogP contribution < -0.4 is 10.1 Å². The number of aromatic amines is 1. The number of aryl methyl sites for hydroxylation is 2. The third-order valence-electron chi connectivity index (χ3n) is 3.36. The van der Waals surface area contributed by atoms with Gasteiger partial charge in [-0.25, -0.2) is 0 Å². The van der Waals surface area contributed by atoms with Crippen LogP contribution in [0.5, 0.6) is 5.75 Å². The highest BCUT2D eigenvalue weighted by Crippen LogP contribution is 2.13. The lowest BCUT2D eigenvalue weighted by Crippen LogP contribution is -2.15. The molecule has 1 heterocycles. The van der Waals surface area contributed by atoms with Crippen LogP contribution >= 0.6 is 0 Å². The van der Waals surface area contributed by atoms with Gasteiger partial charge in [0.05, 0.1) is 12.3 Å². The summed E-state index contributed by atoms with van der Waals surface area (Å²) < 4.78 is 5.64. The first-order chi connectivity index (χ1) is 10.1. The van der Waals surface area contributed by atoms with Crippen molar-refractivity contribution in [1.82, 2.24) is 15.5 Å². The zero-order chi connectivity index (χ0) is 15.1. The van der Waals surface area contributed by atoms with Gasteiger partial charge in [0.15, 0.2) is 0 Å². The Morgan fingerprint density at radius 2 is 2.00 bits per heavy atom. The number of H-pyrrole nitrogens is 1. The molecule has 0 saturated carbocycles. The number of rotatable bonds is 8. The van der Waals surface area contributed by atoms with Gasteiger partial charge < -0.3 is 10.1 Å². The van der Waals surface area contributed by atoms with Crippen molar-refractivity contribution < 1.29 is 4.74 Å². The minimum atomic E-state index is 0.223. The summed E-state index contributed by atoms with van der Waals surface area (Å²) in [6.07, 6.45) is 4.33. The molecule has 114 valence electrons. The van der Waals surface area contributed by atoms with E-state index in [0.717, 1.165) is 31.7 Å². The van der Waals surface area contributed by atoms with Gasteiger partial charge in [-0.1, -0.05) is 12.1 Å². The molecule has 2 aromatic rings. The number of nitrogens with one attached hydrogen (secondary N) is 2. The van der Waals surface area contributed by atoms with E-state index in [4.69, 9.17) is 4.74 Å². The molecule has 0 amide bonds. The number of hydrogen-bond acceptors (Lipinski definition) is 3. The first-order valence-corrected chi connectivity index (χ1v) is 7.60. The molecule has 0 aliphatic rings. The van der Waals surface area contributed by atoms with Gasteiger partial charge in [-0.15, -0.1) is 0 Å². The molecule has 0 aliphatic heterocycles. The van der Waals surface area contributed by atoms with E-state index in [1.165, 1.54) is 16.8 Å². The van der Waals surface area contributed by atoms with Crippen LogP contribution in [0.2, 0.25) is 0 Å². The molecule has 0 aliphatic carbocycles. The van der Waals surface area contributed by atoms with Crippen LogP contribution in [0.1, 0.15) is 37.1 Å². The van der Waals surface area contributed by atoms with E-state index >= 15 is 0 Å². The van der Waals surface area contributed by atoms with Crippen molar-refractivity contribution in [2.75, 3.05) is 6.54 Å². The van der Waals surface area contributed by atoms with Crippen molar-refractivity contribution in [2.24, 2.45) is 0 Å². The second-order valence-corrected chi connectivity index (χ2v) is 5.61. The summed E-state index contributed by atoms with van der Waals surface area (Å²) in [4.78, 5) is 0. The Balaban J connectivity index is 1.65. The highest BCUT2D eigenvalue weighted by molar-refractivity contribution is 5.27. The molecule has 4 nitrogen and oxygen atoms in total. The first kappa shape index (κ1) is 15.6. The van der Waals surface area contributed by atoms with Gasteiger partial charge in [-0.3, -0.25) is 5.10 Å². The fourth-order valence-electron chi connectivity index (χ4n) is 2.22. The second-order valence-electron chi connectivity index (χ2n) is 5.61. The molecule has 0 radical (unpaired) electrons. The lowest BCUT2D eigenvalue weighted by atomic mass is 10.1. The summed E-state index contributed by atoms with van der Waals surface area (Å²) in [6, 6.07) is 8.30. The minimum absolute atomic E-state index is 0.223. The molecule has 0 atom stereocenters. The van der Waals surface area contributed by atoms with Gasteiger partial charge in [-0.05, 0) is 63.4 Å². The Morgan fingerprint density at radius 3 is 2.62 bits per heavy atom. The Morgan fingerprint density at radius 1 is 1.24 bits per heavy atom. The first-order valence-electron chi connectivity index (χ1n) is 7.60. The Labute approximate surface area is 126 Å². The Hall–Kier alpha value is -1.81. The zero-order valence-corrected chi connectivity index (χ0v) is 13.1. The highest BCUT2D eigenvalue weighted by Gasteiger charge is 2.00. The lowest BCUT2D eigenvalue weighted by molar-refractivity contribution is 0.242. The highest BCUT2D eigenvalue weighted by atomic mass is 16.5. The van der Waals surface area contributed by atoms with Gasteiger partial charge in [0.2, 0.25) is 0 Å². The maximum absolute atomic E-state index is 5.64. The van der Waals surface area contributed by atoms with Crippen molar-refractivity contribution in [3.8, 4) is 5.75 Å². The maximum Gasteiger partial charge on any atom is 0.119 e. The largest absolute Gasteiger partial charge is 0.491 e. The van der Waals surface area contributed by atoms with Crippen LogP contribution in [0.15, 0.2) is 30.5 Å². The molecule has 0 spiro atoms. The molecule has 21 heavy (non-hydrogen) atoms. The molecule has 4 heteroatoms. The summed E-state index contributed by atoms with van der Waals surface area (Å²) in [6.45, 7) is 8.05. The van der Waals surface area contributed by atoms with Gasteiger partial charge in [0.1, 0.15) is 5.75 Å². The molecule has 1 aromatic heterocycles. The Bertz CT molecular complexity index is 531. The molecule has 2 rings (SSSR count). The monoisotopic (exact) mass is 287 g/mol. The van der Waals surface area contributed by atoms with Crippen LogP contribution in [0.25, 0.3) is 0 Å². The van der Waals surface area contributed by atoms with E-state index in [1.54, 1.807) is 0 Å². The third kappa shape index (κ3) is 5.23. The molecule has 0 saturated heterocycles. The number of ether oxygens (including phenoxy) is 1. The smallest absolute Gasteiger partial charge is 0.119 e. The summed E-state index contributed by atoms with van der Waals surface area (Å²) in [5.74, 6) is 0.934. The van der Waals surface area contributed by atoms with E-state index in [9.17, 15) is 0 Å². The van der Waals surface area contributed by atoms with Crippen LogP contribution in [0.3, 0.4) is 0 Å². The fourth-order valence-corrected chi connectivity index (χ4v) is 2.22. The van der Waals surface area contributed by atoms with Gasteiger partial charge >= 0.3 is 0 Å². The van der Waals surface area contributed by atoms with E-state index in [1.807, 2.05) is 32.2 Å². The molecule has 0 fully saturated rings. The maximum atomic E-state index is 5.64. The number of hydrogen-bond donors (Lipinski definition) is 2. The average Bonchev–Trinajstić information content (AvgIpc) is 2.85. The SMILES string of the molecule is Cc1[nH]ncc1CCCNCc1ccc(OC(C)C)cc1. The molecule has 2 N–H and O–H groups in total. The summed E-state index contributed by atoms with van der Waals surface area (Å²) >= 11 is 0. The topological polar surface area (TPSA) is 49.9 Å². The third-order valence-corrected chi connectivity index (χ3v) is 3.36. The number of aromatic nitrogens is 2. The summed E-state index contributed by atoms with van der Waals surface area (Å²) in [5.41, 5.74) is 3.77. The molecular weight excluding hydrogens is 262 g/mol. The average molecular weight is 287 g/mol. The normalized spacial score (nSPS) is 11.0. The van der Waals surface area contributed by atoms with E-state index in [-0.39, 0.29) is 6.10 Å². The minimum Gasteiger partial charge on any atom is -0.491 e. The van der Waals surface area contributed by atoms with E-state index in [2.05, 4.69) is 34.6 Å². The van der Waals surface area contributed by atoms with E-state index in [0.29, 0.717) is 0 Å². The summed E-state index contributed by atoms with van der Waals surface area (Å²) in [7, 11) is 0. The van der Waals surface area contributed by atoms with Crippen LogP contribution in [0, 0.1) is 6.92 Å². The van der Waals surface area contributed by atoms with Gasteiger partial charge in [0, 0.05) is 12.2 Å². The molecule has 1 aromatic carbocycles. The van der Waals surface area contributed by atoms with Crippen LogP contribution in [-0.4, -0.2) is 22.8 Å². The predicted molar refractivity (Wildman–Crippen MR) is 85.6 cm³/mol. The van der Waals surface area contributed by atoms with Crippen molar-refractivity contribution in [3.05, 3.63) is 47.3 Å². The number of benzene rings is 1. The van der Waals surface area contributed by atoms with Crippen molar-refractivity contribution >= 4 is 0 Å². The quantitative estimate of drug-likeness (QED) is 0.733. The van der Waals surface area contributed by atoms with E-state index < -0.39 is 0 Å². The Kier molecular flexibility index (Phi) is 5.81. The molecule has 0 unspecified atom stereocenters. The molecule has 0 bridgehead atoms. The lowest BCUT2D eigenvalue weighted by Gasteiger charge is -2.10. The predicted octanol–water partition coefficient (Wildman–Crippen LogP) is 3.23. The van der Waals surface area contributed by atoms with Crippen molar-refractivity contribution in [1.29, 1.82) is 0 Å². The standard InChI is InChI=1S/C17H25N3O/c1-13(2)21-17-8-6-15(7-9-17)11-18-10-4-5-16-12-19-20-14(16)3/h6-9,12-13,18H,4-5,10-11H2,1-3H3,(H,19,20). The van der Waals surface area contributed by atoms with Gasteiger partial charge in [-0.2, -0.15) is 5.10 Å². The zero-order valence-electron chi connectivity index (χ0n) is 13.1.